The number of amides is 2. The van der Waals surface area contributed by atoms with Gasteiger partial charge in [-0.25, -0.2) is 4.79 Å². The Bertz CT molecular complexity index is 602. The number of aromatic nitrogens is 1. The third-order valence-corrected chi connectivity index (χ3v) is 3.30. The number of benzene rings is 1. The van der Waals surface area contributed by atoms with E-state index in [0.29, 0.717) is 13.1 Å². The van der Waals surface area contributed by atoms with E-state index in [1.54, 1.807) is 25.3 Å². The van der Waals surface area contributed by atoms with E-state index < -0.39 is 0 Å². The van der Waals surface area contributed by atoms with Crippen LogP contribution in [0.3, 0.4) is 0 Å². The standard InChI is InChI=1S/C17H21N3O2/c1-20(13-15-7-3-4-10-18-15)17(21)19-11-9-14-6-5-8-16(12-14)22-2/h3-8,10,12H,9,11,13H2,1-2H3,(H,19,21). The maximum absolute atomic E-state index is 12.0. The molecule has 1 aromatic carbocycles. The number of nitrogens with zero attached hydrogens (tertiary/aromatic N) is 2. The van der Waals surface area contributed by atoms with Crippen molar-refractivity contribution < 1.29 is 9.53 Å². The number of rotatable bonds is 6. The van der Waals surface area contributed by atoms with Crippen molar-refractivity contribution in [1.82, 2.24) is 15.2 Å². The molecule has 22 heavy (non-hydrogen) atoms. The van der Waals surface area contributed by atoms with Gasteiger partial charge in [0.25, 0.3) is 0 Å². The molecule has 0 aliphatic rings. The molecule has 0 saturated carbocycles. The summed E-state index contributed by atoms with van der Waals surface area (Å²) in [6, 6.07) is 13.4. The minimum Gasteiger partial charge on any atom is -0.497 e. The summed E-state index contributed by atoms with van der Waals surface area (Å²) in [5.74, 6) is 0.830. The number of carbonyl (C=O) groups excluding carboxylic acids is 1. The fourth-order valence-corrected chi connectivity index (χ4v) is 2.08. The second-order valence-electron chi connectivity index (χ2n) is 5.01. The Kier molecular flexibility index (Phi) is 5.77. The lowest BCUT2D eigenvalue weighted by Crippen LogP contribution is -2.37. The Morgan fingerprint density at radius 3 is 2.86 bits per heavy atom. The Morgan fingerprint density at radius 2 is 2.14 bits per heavy atom. The largest absolute Gasteiger partial charge is 0.497 e. The zero-order valence-corrected chi connectivity index (χ0v) is 13.0. The number of urea groups is 1. The van der Waals surface area contributed by atoms with Gasteiger partial charge in [-0.3, -0.25) is 4.98 Å². The quantitative estimate of drug-likeness (QED) is 0.891. The molecule has 0 bridgehead atoms. The van der Waals surface area contributed by atoms with E-state index in [0.717, 1.165) is 23.4 Å². The Balaban J connectivity index is 1.77. The van der Waals surface area contributed by atoms with Crippen molar-refractivity contribution in [2.24, 2.45) is 0 Å². The summed E-state index contributed by atoms with van der Waals surface area (Å²) in [4.78, 5) is 17.9. The van der Waals surface area contributed by atoms with Gasteiger partial charge in [0.05, 0.1) is 19.3 Å². The van der Waals surface area contributed by atoms with Crippen LogP contribution in [0.2, 0.25) is 0 Å². The molecule has 2 aromatic rings. The van der Waals surface area contributed by atoms with Crippen molar-refractivity contribution >= 4 is 6.03 Å². The lowest BCUT2D eigenvalue weighted by Gasteiger charge is -2.17. The minimum absolute atomic E-state index is 0.103. The smallest absolute Gasteiger partial charge is 0.317 e. The van der Waals surface area contributed by atoms with E-state index in [1.807, 2.05) is 42.5 Å². The van der Waals surface area contributed by atoms with Gasteiger partial charge in [0.1, 0.15) is 5.75 Å². The summed E-state index contributed by atoms with van der Waals surface area (Å²) in [6.07, 6.45) is 2.49. The zero-order chi connectivity index (χ0) is 15.8. The van der Waals surface area contributed by atoms with Crippen LogP contribution in [0.1, 0.15) is 11.3 Å². The van der Waals surface area contributed by atoms with Crippen LogP contribution in [0.25, 0.3) is 0 Å². The molecule has 1 aromatic heterocycles. The van der Waals surface area contributed by atoms with Gasteiger partial charge in [0.15, 0.2) is 0 Å². The summed E-state index contributed by atoms with van der Waals surface area (Å²) >= 11 is 0. The maximum Gasteiger partial charge on any atom is 0.317 e. The van der Waals surface area contributed by atoms with E-state index in [1.165, 1.54) is 0 Å². The number of hydrogen-bond donors (Lipinski definition) is 1. The summed E-state index contributed by atoms with van der Waals surface area (Å²) in [5, 5.41) is 2.91. The van der Waals surface area contributed by atoms with Gasteiger partial charge < -0.3 is 15.0 Å². The summed E-state index contributed by atoms with van der Waals surface area (Å²) < 4.78 is 5.18. The highest BCUT2D eigenvalue weighted by Gasteiger charge is 2.08. The Labute approximate surface area is 130 Å². The molecule has 0 radical (unpaired) electrons. The highest BCUT2D eigenvalue weighted by Crippen LogP contribution is 2.12. The van der Waals surface area contributed by atoms with E-state index in [4.69, 9.17) is 4.74 Å². The molecule has 0 atom stereocenters. The molecular formula is C17H21N3O2. The molecule has 0 aliphatic heterocycles. The van der Waals surface area contributed by atoms with Gasteiger partial charge in [-0.2, -0.15) is 0 Å². The van der Waals surface area contributed by atoms with Crippen molar-refractivity contribution in [1.29, 1.82) is 0 Å². The molecule has 5 heteroatoms. The molecule has 0 unspecified atom stereocenters. The average Bonchev–Trinajstić information content (AvgIpc) is 2.56. The molecule has 0 aliphatic carbocycles. The molecule has 1 heterocycles. The summed E-state index contributed by atoms with van der Waals surface area (Å²) in [6.45, 7) is 1.07. The number of methoxy groups -OCH3 is 1. The van der Waals surface area contributed by atoms with Gasteiger partial charge >= 0.3 is 6.03 Å². The fraction of sp³-hybridized carbons (Fsp3) is 0.294. The first-order valence-electron chi connectivity index (χ1n) is 7.21. The highest BCUT2D eigenvalue weighted by atomic mass is 16.5. The molecule has 5 nitrogen and oxygen atoms in total. The summed E-state index contributed by atoms with van der Waals surface area (Å²) in [7, 11) is 3.41. The van der Waals surface area contributed by atoms with Crippen LogP contribution in [-0.4, -0.2) is 36.6 Å². The van der Waals surface area contributed by atoms with Gasteiger partial charge in [-0.15, -0.1) is 0 Å². The number of nitrogens with one attached hydrogen (secondary N) is 1. The van der Waals surface area contributed by atoms with Crippen LogP contribution < -0.4 is 10.1 Å². The molecule has 0 saturated heterocycles. The monoisotopic (exact) mass is 299 g/mol. The number of carbonyl (C=O) groups is 1. The fourth-order valence-electron chi connectivity index (χ4n) is 2.08. The van der Waals surface area contributed by atoms with Crippen molar-refractivity contribution in [3.63, 3.8) is 0 Å². The first kappa shape index (κ1) is 15.8. The number of ether oxygens (including phenoxy) is 1. The van der Waals surface area contributed by atoms with E-state index in [-0.39, 0.29) is 6.03 Å². The third-order valence-electron chi connectivity index (χ3n) is 3.30. The molecular weight excluding hydrogens is 278 g/mol. The molecule has 0 spiro atoms. The Hall–Kier alpha value is -2.56. The predicted molar refractivity (Wildman–Crippen MR) is 85.8 cm³/mol. The van der Waals surface area contributed by atoms with Gasteiger partial charge in [-0.1, -0.05) is 18.2 Å². The van der Waals surface area contributed by atoms with Gasteiger partial charge in [0, 0.05) is 19.8 Å². The first-order valence-corrected chi connectivity index (χ1v) is 7.21. The Morgan fingerprint density at radius 1 is 1.27 bits per heavy atom. The van der Waals surface area contributed by atoms with Gasteiger partial charge in [-0.05, 0) is 36.2 Å². The third kappa shape index (κ3) is 4.77. The van der Waals surface area contributed by atoms with Crippen molar-refractivity contribution in [2.75, 3.05) is 20.7 Å². The molecule has 2 rings (SSSR count). The predicted octanol–water partition coefficient (Wildman–Crippen LogP) is 2.47. The number of hydrogen-bond acceptors (Lipinski definition) is 3. The lowest BCUT2D eigenvalue weighted by molar-refractivity contribution is 0.206. The van der Waals surface area contributed by atoms with Crippen LogP contribution in [-0.2, 0) is 13.0 Å². The molecule has 1 N–H and O–H groups in total. The highest BCUT2D eigenvalue weighted by molar-refractivity contribution is 5.73. The SMILES string of the molecule is COc1cccc(CCNC(=O)N(C)Cc2ccccn2)c1. The molecule has 0 fully saturated rings. The average molecular weight is 299 g/mol. The van der Waals surface area contributed by atoms with Crippen molar-refractivity contribution in [3.05, 3.63) is 59.9 Å². The number of pyridine rings is 1. The first-order chi connectivity index (χ1) is 10.7. The van der Waals surface area contributed by atoms with Crippen molar-refractivity contribution in [3.8, 4) is 5.75 Å². The zero-order valence-electron chi connectivity index (χ0n) is 13.0. The topological polar surface area (TPSA) is 54.5 Å². The van der Waals surface area contributed by atoms with Crippen molar-refractivity contribution in [2.45, 2.75) is 13.0 Å². The lowest BCUT2D eigenvalue weighted by atomic mass is 10.1. The maximum atomic E-state index is 12.0. The van der Waals surface area contributed by atoms with E-state index >= 15 is 0 Å². The van der Waals surface area contributed by atoms with Gasteiger partial charge in [0.2, 0.25) is 0 Å². The van der Waals surface area contributed by atoms with Crippen LogP contribution in [0.4, 0.5) is 4.79 Å². The van der Waals surface area contributed by atoms with E-state index in [2.05, 4.69) is 10.3 Å². The molecule has 116 valence electrons. The summed E-state index contributed by atoms with van der Waals surface area (Å²) in [5.41, 5.74) is 2.00. The second-order valence-corrected chi connectivity index (χ2v) is 5.01. The van der Waals surface area contributed by atoms with E-state index in [9.17, 15) is 4.79 Å². The molecule has 2 amide bonds. The van der Waals surface area contributed by atoms with Crippen LogP contribution in [0.15, 0.2) is 48.7 Å². The van der Waals surface area contributed by atoms with Crippen LogP contribution in [0.5, 0.6) is 5.75 Å². The van der Waals surface area contributed by atoms with Crippen LogP contribution in [0, 0.1) is 0 Å². The minimum atomic E-state index is -0.103. The second kappa shape index (κ2) is 8.02. The normalized spacial score (nSPS) is 10.1. The van der Waals surface area contributed by atoms with Crippen LogP contribution >= 0.6 is 0 Å².